The van der Waals surface area contributed by atoms with Crippen LogP contribution in [-0.2, 0) is 23.4 Å². The van der Waals surface area contributed by atoms with Crippen molar-refractivity contribution >= 4 is 14.1 Å². The molecule has 0 spiro atoms. The minimum atomic E-state index is -3.05. The van der Waals surface area contributed by atoms with E-state index >= 15 is 0 Å². The maximum atomic E-state index is 13.2. The average molecular weight is 553 g/mol. The highest BCUT2D eigenvalue weighted by Gasteiger charge is 2.57. The van der Waals surface area contributed by atoms with Gasteiger partial charge >= 0.3 is 19.8 Å². The van der Waals surface area contributed by atoms with E-state index in [1.54, 1.807) is 32.0 Å². The summed E-state index contributed by atoms with van der Waals surface area (Å²) < 4.78 is 30.0. The quantitative estimate of drug-likeness (QED) is 0.0893. The molecule has 1 aromatic carbocycles. The van der Waals surface area contributed by atoms with Gasteiger partial charge in [0.2, 0.25) is 5.72 Å². The third kappa shape index (κ3) is 6.44. The molecular formula is C21H26N6O10P+. The van der Waals surface area contributed by atoms with E-state index in [9.17, 15) is 29.2 Å². The molecular weight excluding hydrogens is 527 g/mol. The third-order valence-corrected chi connectivity index (χ3v) is 6.35. The first kappa shape index (κ1) is 28.9. The first-order valence-electron chi connectivity index (χ1n) is 11.2. The van der Waals surface area contributed by atoms with Crippen molar-refractivity contribution in [3.8, 4) is 5.75 Å². The summed E-state index contributed by atoms with van der Waals surface area (Å²) in [6.45, 7) is 3.71. The summed E-state index contributed by atoms with van der Waals surface area (Å²) in [5.74, 6) is -0.573. The number of carbonyl (C=O) groups excluding carboxylic acids is 1. The second kappa shape index (κ2) is 12.3. The monoisotopic (exact) mass is 553 g/mol. The van der Waals surface area contributed by atoms with Crippen LogP contribution in [-0.4, -0.2) is 67.3 Å². The van der Waals surface area contributed by atoms with E-state index in [2.05, 4.69) is 10.0 Å². The zero-order valence-electron chi connectivity index (χ0n) is 20.5. The van der Waals surface area contributed by atoms with Crippen molar-refractivity contribution < 1.29 is 38.4 Å². The zero-order valence-corrected chi connectivity index (χ0v) is 21.4. The summed E-state index contributed by atoms with van der Waals surface area (Å²) in [7, 11) is -3.05. The predicted octanol–water partition coefficient (Wildman–Crippen LogP) is 1.10. The number of esters is 1. The molecule has 0 aliphatic carbocycles. The number of ether oxygens (including phenoxy) is 2. The summed E-state index contributed by atoms with van der Waals surface area (Å²) in [5.41, 5.74) is 5.05. The highest BCUT2D eigenvalue weighted by molar-refractivity contribution is 7.36. The Hall–Kier alpha value is -3.62. The Bertz CT molecular complexity index is 1310. The van der Waals surface area contributed by atoms with Gasteiger partial charge in [0.1, 0.15) is 23.6 Å². The highest BCUT2D eigenvalue weighted by Crippen LogP contribution is 2.41. The molecule has 2 aromatic rings. The molecule has 1 aliphatic heterocycles. The molecule has 3 rings (SSSR count). The Morgan fingerprint density at radius 3 is 2.58 bits per heavy atom. The maximum absolute atomic E-state index is 13.2. The fourth-order valence-corrected chi connectivity index (χ4v) is 4.34. The standard InChI is InChI=1S/C21H25N6O10P/c1-12(2)35-19(31)13(3)27(37-14-7-5-4-6-8-14)38(33)34-11-21(24-25-22)17(30)16(29)18(36-21)26-10-9-15(28)23-20(26)32/h4-10,12-13,16-18,29-30H,11H2,1-3H3/p+1/t13?,16-,17+,18-,21-/m1/s1. The molecule has 0 saturated carbocycles. The molecule has 6 atom stereocenters. The molecule has 0 amide bonds. The van der Waals surface area contributed by atoms with Crippen molar-refractivity contribution in [3.63, 3.8) is 0 Å². The zero-order chi connectivity index (χ0) is 28.0. The van der Waals surface area contributed by atoms with Gasteiger partial charge in [-0.25, -0.2) is 4.79 Å². The van der Waals surface area contributed by atoms with Crippen molar-refractivity contribution in [2.45, 2.75) is 57.1 Å². The second-order valence-corrected chi connectivity index (χ2v) is 9.50. The van der Waals surface area contributed by atoms with Gasteiger partial charge in [-0.2, -0.15) is 0 Å². The summed E-state index contributed by atoms with van der Waals surface area (Å²) >= 11 is 0. The molecule has 1 saturated heterocycles. The van der Waals surface area contributed by atoms with E-state index < -0.39 is 68.3 Å². The van der Waals surface area contributed by atoms with E-state index in [1.165, 1.54) is 19.1 Å². The van der Waals surface area contributed by atoms with Gasteiger partial charge in [0.25, 0.3) is 5.56 Å². The topological polar surface area (TPSA) is 218 Å². The second-order valence-electron chi connectivity index (χ2n) is 8.38. The van der Waals surface area contributed by atoms with Crippen molar-refractivity contribution in [1.29, 1.82) is 0 Å². The number of azide groups is 1. The number of hydroxylamine groups is 1. The average Bonchev–Trinajstić information content (AvgIpc) is 3.11. The van der Waals surface area contributed by atoms with Crippen molar-refractivity contribution in [2.24, 2.45) is 5.11 Å². The lowest BCUT2D eigenvalue weighted by molar-refractivity contribution is -0.159. The normalized spacial score (nSPS) is 24.1. The van der Waals surface area contributed by atoms with Crippen molar-refractivity contribution in [1.82, 2.24) is 14.4 Å². The number of aliphatic hydroxyl groups is 2. The van der Waals surface area contributed by atoms with Gasteiger partial charge in [0.15, 0.2) is 18.0 Å². The Labute approximate surface area is 215 Å². The molecule has 2 unspecified atom stereocenters. The van der Waals surface area contributed by atoms with E-state index in [0.717, 1.165) is 21.7 Å². The molecule has 17 heteroatoms. The number of carbonyl (C=O) groups is 1. The van der Waals surface area contributed by atoms with Crippen LogP contribution >= 0.6 is 8.18 Å². The number of aromatic amines is 1. The van der Waals surface area contributed by atoms with Crippen LogP contribution in [0.2, 0.25) is 0 Å². The van der Waals surface area contributed by atoms with Crippen LogP contribution in [0.1, 0.15) is 27.0 Å². The highest BCUT2D eigenvalue weighted by atomic mass is 31.1. The number of hydrogen-bond acceptors (Lipinski definition) is 11. The summed E-state index contributed by atoms with van der Waals surface area (Å²) in [4.78, 5) is 47.0. The largest absolute Gasteiger partial charge is 0.653 e. The molecule has 1 aromatic heterocycles. The van der Waals surface area contributed by atoms with Gasteiger partial charge in [-0.05, 0) is 43.0 Å². The smallest absolute Gasteiger partial charge is 0.462 e. The Morgan fingerprint density at radius 2 is 1.97 bits per heavy atom. The molecule has 16 nitrogen and oxygen atoms in total. The molecule has 1 fully saturated rings. The van der Waals surface area contributed by atoms with Crippen LogP contribution in [0.5, 0.6) is 5.75 Å². The van der Waals surface area contributed by atoms with Crippen molar-refractivity contribution in [3.05, 3.63) is 73.9 Å². The van der Waals surface area contributed by atoms with Crippen LogP contribution in [0.25, 0.3) is 10.4 Å². The van der Waals surface area contributed by atoms with Crippen molar-refractivity contribution in [2.75, 3.05) is 6.61 Å². The Kier molecular flexibility index (Phi) is 9.36. The lowest BCUT2D eigenvalue weighted by Gasteiger charge is -2.24. The van der Waals surface area contributed by atoms with Crippen LogP contribution in [0.3, 0.4) is 0 Å². The predicted molar refractivity (Wildman–Crippen MR) is 128 cm³/mol. The number of nitrogens with zero attached hydrogens (tertiary/aromatic N) is 5. The van der Waals surface area contributed by atoms with Crippen LogP contribution in [0.15, 0.2) is 57.3 Å². The minimum Gasteiger partial charge on any atom is -0.462 e. The number of hydrogen-bond donors (Lipinski definition) is 3. The Morgan fingerprint density at radius 1 is 1.29 bits per heavy atom. The number of benzene rings is 1. The van der Waals surface area contributed by atoms with Gasteiger partial charge in [0, 0.05) is 17.2 Å². The van der Waals surface area contributed by atoms with E-state index in [4.69, 9.17) is 24.4 Å². The van der Waals surface area contributed by atoms with Gasteiger partial charge in [-0.1, -0.05) is 23.3 Å². The van der Waals surface area contributed by atoms with Crippen LogP contribution in [0, 0.1) is 0 Å². The summed E-state index contributed by atoms with van der Waals surface area (Å²) in [5, 5.41) is 24.6. The summed E-state index contributed by atoms with van der Waals surface area (Å²) in [6, 6.07) is 7.78. The number of nitrogens with one attached hydrogen (secondary N) is 1. The first-order chi connectivity index (χ1) is 18.0. The lowest BCUT2D eigenvalue weighted by Crippen LogP contribution is -2.45. The van der Waals surface area contributed by atoms with E-state index in [1.807, 2.05) is 4.98 Å². The molecule has 3 N–H and O–H groups in total. The fourth-order valence-electron chi connectivity index (χ4n) is 3.40. The number of aliphatic hydroxyl groups excluding tert-OH is 2. The van der Waals surface area contributed by atoms with Gasteiger partial charge in [-0.15, -0.1) is 4.52 Å². The number of H-pyrrole nitrogens is 1. The summed E-state index contributed by atoms with van der Waals surface area (Å²) in [6.07, 6.45) is -4.88. The minimum absolute atomic E-state index is 0.207. The SMILES string of the molecule is CC(C)OC(=O)C(C)N(Oc1ccccc1)[P+](=O)OC[C@@]1(N=[N+]=[N-])O[C@@H](n2ccc(=O)[nH]c2=O)[C@H](O)[C@@H]1O. The third-order valence-electron chi connectivity index (χ3n) is 5.25. The molecule has 2 heterocycles. The van der Waals surface area contributed by atoms with Gasteiger partial charge < -0.3 is 24.5 Å². The van der Waals surface area contributed by atoms with Gasteiger partial charge in [0.05, 0.1) is 6.10 Å². The maximum Gasteiger partial charge on any atom is 0.653 e. The molecule has 1 aliphatic rings. The Balaban J connectivity index is 1.86. The van der Waals surface area contributed by atoms with E-state index in [0.29, 0.717) is 0 Å². The molecule has 38 heavy (non-hydrogen) atoms. The number of aromatic nitrogens is 2. The number of para-hydroxylation sites is 1. The van der Waals surface area contributed by atoms with Gasteiger partial charge in [-0.3, -0.25) is 19.1 Å². The lowest BCUT2D eigenvalue weighted by atomic mass is 10.1. The van der Waals surface area contributed by atoms with E-state index in [-0.39, 0.29) is 5.75 Å². The fraction of sp³-hybridized carbons (Fsp3) is 0.476. The molecule has 0 bridgehead atoms. The molecule has 204 valence electrons. The van der Waals surface area contributed by atoms with Crippen LogP contribution in [0.4, 0.5) is 0 Å². The van der Waals surface area contributed by atoms with Crippen LogP contribution < -0.4 is 16.1 Å². The molecule has 0 radical (unpaired) electrons. The first-order valence-corrected chi connectivity index (χ1v) is 12.4. The number of rotatable bonds is 11.